The Bertz CT molecular complexity index is 555. The van der Waals surface area contributed by atoms with Crippen LogP contribution in [0.4, 0.5) is 4.79 Å². The van der Waals surface area contributed by atoms with Gasteiger partial charge in [-0.3, -0.25) is 19.3 Å². The molecule has 3 aliphatic rings. The van der Waals surface area contributed by atoms with Crippen molar-refractivity contribution in [1.29, 1.82) is 0 Å². The van der Waals surface area contributed by atoms with Crippen molar-refractivity contribution in [2.24, 2.45) is 5.92 Å². The third-order valence-electron chi connectivity index (χ3n) is 5.14. The number of likely N-dealkylation sites (tertiary alicyclic amines) is 1. The van der Waals surface area contributed by atoms with Crippen molar-refractivity contribution in [3.63, 3.8) is 0 Å². The number of carboxylic acid groups (broad SMARTS) is 1. The molecule has 1 aliphatic carbocycles. The van der Waals surface area contributed by atoms with E-state index >= 15 is 0 Å². The molecule has 23 heavy (non-hydrogen) atoms. The molecule has 8 nitrogen and oxygen atoms in total. The minimum Gasteiger partial charge on any atom is -0.481 e. The molecule has 0 aromatic carbocycles. The van der Waals surface area contributed by atoms with Crippen molar-refractivity contribution in [2.75, 3.05) is 19.6 Å². The molecule has 2 saturated heterocycles. The lowest BCUT2D eigenvalue weighted by molar-refractivity contribution is -0.141. The number of amides is 4. The number of hydrogen-bond donors (Lipinski definition) is 2. The monoisotopic (exact) mass is 323 g/mol. The number of hydrogen-bond acceptors (Lipinski definition) is 4. The summed E-state index contributed by atoms with van der Waals surface area (Å²) in [7, 11) is 0. The van der Waals surface area contributed by atoms with Crippen LogP contribution in [0.25, 0.3) is 0 Å². The molecule has 0 aromatic heterocycles. The Morgan fingerprint density at radius 1 is 1.26 bits per heavy atom. The highest BCUT2D eigenvalue weighted by molar-refractivity contribution is 6.07. The predicted octanol–water partition coefficient (Wildman–Crippen LogP) is 0.174. The van der Waals surface area contributed by atoms with E-state index < -0.39 is 23.5 Å². The van der Waals surface area contributed by atoms with Crippen LogP contribution in [0.15, 0.2) is 0 Å². The summed E-state index contributed by atoms with van der Waals surface area (Å²) >= 11 is 0. The lowest BCUT2D eigenvalue weighted by Crippen LogP contribution is -2.44. The van der Waals surface area contributed by atoms with Crippen molar-refractivity contribution >= 4 is 23.8 Å². The molecule has 2 heterocycles. The van der Waals surface area contributed by atoms with Crippen LogP contribution in [-0.4, -0.2) is 63.9 Å². The highest BCUT2D eigenvalue weighted by Crippen LogP contribution is 2.35. The van der Waals surface area contributed by atoms with Gasteiger partial charge >= 0.3 is 12.0 Å². The van der Waals surface area contributed by atoms with E-state index in [9.17, 15) is 19.2 Å². The van der Waals surface area contributed by atoms with E-state index in [0.29, 0.717) is 25.8 Å². The van der Waals surface area contributed by atoms with Gasteiger partial charge in [-0.2, -0.15) is 0 Å². The average molecular weight is 323 g/mol. The first-order valence-corrected chi connectivity index (χ1v) is 8.08. The number of carbonyl (C=O) groups excluding carboxylic acids is 3. The van der Waals surface area contributed by atoms with E-state index in [2.05, 4.69) is 5.32 Å². The fraction of sp³-hybridized carbons (Fsp3) is 0.733. The Morgan fingerprint density at radius 2 is 1.96 bits per heavy atom. The number of aliphatic carboxylic acids is 1. The molecule has 3 fully saturated rings. The predicted molar refractivity (Wildman–Crippen MR) is 78.4 cm³/mol. The van der Waals surface area contributed by atoms with Gasteiger partial charge in [0.25, 0.3) is 5.91 Å². The second kappa shape index (κ2) is 5.82. The molecule has 1 unspecified atom stereocenters. The molecule has 8 heteroatoms. The Kier molecular flexibility index (Phi) is 3.99. The van der Waals surface area contributed by atoms with Crippen LogP contribution in [0.5, 0.6) is 0 Å². The summed E-state index contributed by atoms with van der Waals surface area (Å²) in [6, 6.07) is -0.422. The zero-order chi connectivity index (χ0) is 16.6. The molecule has 0 radical (unpaired) electrons. The van der Waals surface area contributed by atoms with Crippen molar-refractivity contribution in [3.05, 3.63) is 0 Å². The number of urea groups is 1. The first-order chi connectivity index (χ1) is 10.9. The molecule has 1 atom stereocenters. The number of nitrogens with zero attached hydrogens (tertiary/aromatic N) is 2. The van der Waals surface area contributed by atoms with E-state index in [4.69, 9.17) is 5.11 Å². The van der Waals surface area contributed by atoms with E-state index in [0.717, 1.165) is 17.7 Å². The zero-order valence-corrected chi connectivity index (χ0v) is 12.9. The van der Waals surface area contributed by atoms with Crippen LogP contribution in [0, 0.1) is 5.92 Å². The Labute approximate surface area is 133 Å². The summed E-state index contributed by atoms with van der Waals surface area (Å²) in [5.74, 6) is -1.84. The normalized spacial score (nSPS) is 26.2. The van der Waals surface area contributed by atoms with Crippen LogP contribution in [0.3, 0.4) is 0 Å². The summed E-state index contributed by atoms with van der Waals surface area (Å²) in [4.78, 5) is 50.2. The molecule has 1 spiro atoms. The van der Waals surface area contributed by atoms with E-state index in [1.165, 1.54) is 4.90 Å². The van der Waals surface area contributed by atoms with E-state index in [-0.39, 0.29) is 31.3 Å². The average Bonchev–Trinajstić information content (AvgIpc) is 3.20. The fourth-order valence-electron chi connectivity index (χ4n) is 3.75. The van der Waals surface area contributed by atoms with E-state index in [1.54, 1.807) is 0 Å². The maximum absolute atomic E-state index is 12.5. The van der Waals surface area contributed by atoms with Crippen LogP contribution >= 0.6 is 0 Å². The highest BCUT2D eigenvalue weighted by atomic mass is 16.4. The summed E-state index contributed by atoms with van der Waals surface area (Å²) in [5, 5.41) is 11.7. The quantitative estimate of drug-likeness (QED) is 0.717. The van der Waals surface area contributed by atoms with Crippen LogP contribution in [0.2, 0.25) is 0 Å². The zero-order valence-electron chi connectivity index (χ0n) is 12.9. The van der Waals surface area contributed by atoms with Gasteiger partial charge in [0.15, 0.2) is 0 Å². The summed E-state index contributed by atoms with van der Waals surface area (Å²) < 4.78 is 0. The van der Waals surface area contributed by atoms with Gasteiger partial charge in [-0.1, -0.05) is 12.8 Å². The number of imide groups is 1. The van der Waals surface area contributed by atoms with Crippen molar-refractivity contribution in [3.8, 4) is 0 Å². The molecule has 126 valence electrons. The number of carbonyl (C=O) groups is 4. The molecular formula is C15H21N3O5. The first kappa shape index (κ1) is 15.8. The number of nitrogens with one attached hydrogen (secondary N) is 1. The molecule has 0 bridgehead atoms. The third-order valence-corrected chi connectivity index (χ3v) is 5.14. The largest absolute Gasteiger partial charge is 0.481 e. The lowest BCUT2D eigenvalue weighted by Gasteiger charge is -2.21. The Morgan fingerprint density at radius 3 is 2.57 bits per heavy atom. The first-order valence-electron chi connectivity index (χ1n) is 8.08. The SMILES string of the molecule is O=C(O)C1CCN(C(=O)CCN2C(=O)NC3(CCCC3)C2=O)C1. The summed E-state index contributed by atoms with van der Waals surface area (Å²) in [6.45, 7) is 0.678. The lowest BCUT2D eigenvalue weighted by atomic mass is 9.98. The second-order valence-electron chi connectivity index (χ2n) is 6.59. The molecule has 3 rings (SSSR count). The highest BCUT2D eigenvalue weighted by Gasteiger charge is 2.52. The number of rotatable bonds is 4. The minimum atomic E-state index is -0.891. The van der Waals surface area contributed by atoms with Crippen molar-refractivity contribution in [2.45, 2.75) is 44.1 Å². The topological polar surface area (TPSA) is 107 Å². The van der Waals surface area contributed by atoms with Gasteiger partial charge in [-0.25, -0.2) is 4.79 Å². The van der Waals surface area contributed by atoms with E-state index in [1.807, 2.05) is 0 Å². The smallest absolute Gasteiger partial charge is 0.325 e. The Balaban J connectivity index is 1.54. The summed E-state index contributed by atoms with van der Waals surface area (Å²) in [5.41, 5.74) is -0.748. The Hall–Kier alpha value is -2.12. The van der Waals surface area contributed by atoms with Crippen LogP contribution < -0.4 is 5.32 Å². The molecular weight excluding hydrogens is 302 g/mol. The van der Waals surface area contributed by atoms with Crippen molar-refractivity contribution < 1.29 is 24.3 Å². The molecule has 2 N–H and O–H groups in total. The van der Waals surface area contributed by atoms with Crippen LogP contribution in [0.1, 0.15) is 38.5 Å². The fourth-order valence-corrected chi connectivity index (χ4v) is 3.75. The third kappa shape index (κ3) is 2.77. The molecule has 4 amide bonds. The maximum atomic E-state index is 12.5. The van der Waals surface area contributed by atoms with Gasteiger partial charge < -0.3 is 15.3 Å². The standard InChI is InChI=1S/C15H21N3O5/c19-11(17-7-3-10(9-17)12(20)21)4-8-18-13(22)15(16-14(18)23)5-1-2-6-15/h10H,1-9H2,(H,16,23)(H,20,21). The maximum Gasteiger partial charge on any atom is 0.325 e. The van der Waals surface area contributed by atoms with Gasteiger partial charge in [0.2, 0.25) is 5.91 Å². The van der Waals surface area contributed by atoms with Gasteiger partial charge in [0.05, 0.1) is 5.92 Å². The number of carboxylic acids is 1. The molecule has 1 saturated carbocycles. The van der Waals surface area contributed by atoms with Crippen LogP contribution in [-0.2, 0) is 14.4 Å². The van der Waals surface area contributed by atoms with Gasteiger partial charge in [0, 0.05) is 26.1 Å². The molecule has 2 aliphatic heterocycles. The van der Waals surface area contributed by atoms with Gasteiger partial charge in [-0.05, 0) is 19.3 Å². The summed E-state index contributed by atoms with van der Waals surface area (Å²) in [6.07, 6.45) is 3.66. The van der Waals surface area contributed by atoms with Crippen molar-refractivity contribution in [1.82, 2.24) is 15.1 Å². The second-order valence-corrected chi connectivity index (χ2v) is 6.59. The minimum absolute atomic E-state index is 0.0432. The molecule has 0 aromatic rings. The van der Waals surface area contributed by atoms with Gasteiger partial charge in [0.1, 0.15) is 5.54 Å². The van der Waals surface area contributed by atoms with Gasteiger partial charge in [-0.15, -0.1) is 0 Å².